The molecule has 166 valence electrons. The van der Waals surface area contributed by atoms with Gasteiger partial charge in [0.05, 0.1) is 13.7 Å². The van der Waals surface area contributed by atoms with Crippen molar-refractivity contribution in [3.63, 3.8) is 0 Å². The van der Waals surface area contributed by atoms with E-state index in [0.29, 0.717) is 19.1 Å². The number of benzene rings is 2. The summed E-state index contributed by atoms with van der Waals surface area (Å²) in [4.78, 5) is 19.0. The van der Waals surface area contributed by atoms with Crippen molar-refractivity contribution in [3.05, 3.63) is 54.3 Å². The Morgan fingerprint density at radius 3 is 2.26 bits per heavy atom. The number of urea groups is 1. The number of likely N-dealkylation sites (tertiary alicyclic amines) is 1. The Morgan fingerprint density at radius 1 is 0.903 bits per heavy atom. The minimum atomic E-state index is -0.246. The maximum atomic E-state index is 13.0. The maximum absolute atomic E-state index is 13.0. The maximum Gasteiger partial charge on any atom is 0.324 e. The van der Waals surface area contributed by atoms with E-state index in [4.69, 9.17) is 9.47 Å². The first-order chi connectivity index (χ1) is 15.1. The molecule has 0 unspecified atom stereocenters. The summed E-state index contributed by atoms with van der Waals surface area (Å²) in [5.41, 5.74) is 0.912. The third kappa shape index (κ3) is 5.47. The highest BCUT2D eigenvalue weighted by atomic mass is 19.1. The molecule has 0 aromatic heterocycles. The van der Waals surface area contributed by atoms with Crippen LogP contribution in [-0.2, 0) is 0 Å². The van der Waals surface area contributed by atoms with Gasteiger partial charge >= 0.3 is 6.03 Å². The first kappa shape index (κ1) is 21.4. The van der Waals surface area contributed by atoms with Gasteiger partial charge in [0, 0.05) is 31.9 Å². The van der Waals surface area contributed by atoms with Crippen molar-refractivity contribution in [2.45, 2.75) is 12.8 Å². The summed E-state index contributed by atoms with van der Waals surface area (Å²) in [7, 11) is 1.64. The fraction of sp³-hybridized carbons (Fsp3) is 0.458. The molecule has 4 rings (SSSR count). The van der Waals surface area contributed by atoms with Crippen molar-refractivity contribution in [2.75, 3.05) is 57.9 Å². The van der Waals surface area contributed by atoms with E-state index in [9.17, 15) is 9.18 Å². The Balaban J connectivity index is 1.17. The van der Waals surface area contributed by atoms with Gasteiger partial charge in [0.2, 0.25) is 0 Å². The summed E-state index contributed by atoms with van der Waals surface area (Å²) < 4.78 is 24.0. The molecule has 2 saturated heterocycles. The van der Waals surface area contributed by atoms with Gasteiger partial charge in [-0.3, -0.25) is 4.90 Å². The Hall–Kier alpha value is -2.80. The predicted molar refractivity (Wildman–Crippen MR) is 118 cm³/mol. The lowest BCUT2D eigenvalue weighted by Gasteiger charge is -2.32. The van der Waals surface area contributed by atoms with Gasteiger partial charge in [-0.2, -0.15) is 0 Å². The van der Waals surface area contributed by atoms with E-state index < -0.39 is 0 Å². The minimum absolute atomic E-state index is 0.0766. The van der Waals surface area contributed by atoms with E-state index in [2.05, 4.69) is 4.90 Å². The largest absolute Gasteiger partial charge is 0.497 e. The summed E-state index contributed by atoms with van der Waals surface area (Å²) >= 11 is 0. The number of piperidine rings is 1. The molecule has 2 amide bonds. The lowest BCUT2D eigenvalue weighted by Crippen LogP contribution is -2.41. The average molecular weight is 428 g/mol. The summed E-state index contributed by atoms with van der Waals surface area (Å²) in [6, 6.07) is 13.9. The second-order valence-electron chi connectivity index (χ2n) is 8.17. The normalized spacial score (nSPS) is 17.9. The Kier molecular flexibility index (Phi) is 6.92. The van der Waals surface area contributed by atoms with E-state index in [1.807, 2.05) is 34.1 Å². The first-order valence-corrected chi connectivity index (χ1v) is 10.9. The minimum Gasteiger partial charge on any atom is -0.497 e. The van der Waals surface area contributed by atoms with E-state index in [1.165, 1.54) is 12.1 Å². The van der Waals surface area contributed by atoms with Crippen LogP contribution in [-0.4, -0.2) is 68.8 Å². The van der Waals surface area contributed by atoms with Crippen LogP contribution in [0.25, 0.3) is 0 Å². The number of methoxy groups -OCH3 is 1. The summed E-state index contributed by atoms with van der Waals surface area (Å²) in [6.07, 6.45) is 2.15. The van der Waals surface area contributed by atoms with Gasteiger partial charge in [0.15, 0.2) is 0 Å². The number of rotatable bonds is 8. The quantitative estimate of drug-likeness (QED) is 0.642. The van der Waals surface area contributed by atoms with Crippen molar-refractivity contribution >= 4 is 11.7 Å². The van der Waals surface area contributed by atoms with Crippen LogP contribution in [0.4, 0.5) is 14.9 Å². The molecule has 0 bridgehead atoms. The number of amides is 2. The Morgan fingerprint density at radius 2 is 1.58 bits per heavy atom. The monoisotopic (exact) mass is 427 g/mol. The lowest BCUT2D eigenvalue weighted by atomic mass is 9.98. The number of hydrogen-bond donors (Lipinski definition) is 0. The molecule has 0 aliphatic carbocycles. The molecule has 0 N–H and O–H groups in total. The SMILES string of the molecule is COc1ccc(N2CCN(CCN3CCC(COc4ccc(F)cc4)CC3)C2=O)cc1. The molecule has 2 heterocycles. The third-order valence-electron chi connectivity index (χ3n) is 6.17. The second kappa shape index (κ2) is 10.0. The van der Waals surface area contributed by atoms with Gasteiger partial charge in [0.25, 0.3) is 0 Å². The number of halogens is 1. The average Bonchev–Trinajstić information content (AvgIpc) is 3.18. The molecule has 2 fully saturated rings. The van der Waals surface area contributed by atoms with Crippen LogP contribution in [0.1, 0.15) is 12.8 Å². The van der Waals surface area contributed by atoms with Crippen molar-refractivity contribution in [1.29, 1.82) is 0 Å². The molecule has 2 aliphatic heterocycles. The van der Waals surface area contributed by atoms with Gasteiger partial charge in [-0.05, 0) is 80.4 Å². The van der Waals surface area contributed by atoms with Crippen molar-refractivity contribution < 1.29 is 18.7 Å². The number of hydrogen-bond acceptors (Lipinski definition) is 4. The van der Waals surface area contributed by atoms with Crippen LogP contribution in [0.2, 0.25) is 0 Å². The van der Waals surface area contributed by atoms with E-state index in [0.717, 1.165) is 62.8 Å². The van der Waals surface area contributed by atoms with Crippen LogP contribution >= 0.6 is 0 Å². The smallest absolute Gasteiger partial charge is 0.324 e. The topological polar surface area (TPSA) is 45.2 Å². The molecule has 6 nitrogen and oxygen atoms in total. The standard InChI is InChI=1S/C24H30FN3O3/c1-30-22-8-4-21(5-9-22)28-17-16-27(24(28)29)15-14-26-12-10-19(11-13-26)18-31-23-6-2-20(25)3-7-23/h2-9,19H,10-18H2,1H3. The molecule has 31 heavy (non-hydrogen) atoms. The zero-order valence-corrected chi connectivity index (χ0v) is 18.0. The number of anilines is 1. The third-order valence-corrected chi connectivity index (χ3v) is 6.17. The van der Waals surface area contributed by atoms with Crippen LogP contribution in [0.15, 0.2) is 48.5 Å². The van der Waals surface area contributed by atoms with E-state index in [-0.39, 0.29) is 11.8 Å². The zero-order chi connectivity index (χ0) is 21.6. The van der Waals surface area contributed by atoms with E-state index >= 15 is 0 Å². The highest BCUT2D eigenvalue weighted by Gasteiger charge is 2.30. The number of carbonyl (C=O) groups excluding carboxylic acids is 1. The summed E-state index contributed by atoms with van der Waals surface area (Å²) in [6.45, 7) is 5.82. The van der Waals surface area contributed by atoms with Gasteiger partial charge in [-0.15, -0.1) is 0 Å². The van der Waals surface area contributed by atoms with Crippen molar-refractivity contribution in [2.24, 2.45) is 5.92 Å². The van der Waals surface area contributed by atoms with Gasteiger partial charge < -0.3 is 19.3 Å². The molecule has 0 radical (unpaired) electrons. The molecule has 2 aromatic carbocycles. The highest BCUT2D eigenvalue weighted by Crippen LogP contribution is 2.24. The van der Waals surface area contributed by atoms with Crippen LogP contribution < -0.4 is 14.4 Å². The highest BCUT2D eigenvalue weighted by molar-refractivity contribution is 5.94. The second-order valence-corrected chi connectivity index (χ2v) is 8.17. The van der Waals surface area contributed by atoms with Gasteiger partial charge in [0.1, 0.15) is 17.3 Å². The van der Waals surface area contributed by atoms with Crippen molar-refractivity contribution in [1.82, 2.24) is 9.80 Å². The number of carbonyl (C=O) groups is 1. The molecular formula is C24H30FN3O3. The molecule has 0 atom stereocenters. The predicted octanol–water partition coefficient (Wildman–Crippen LogP) is 3.87. The van der Waals surface area contributed by atoms with Crippen LogP contribution in [0.5, 0.6) is 11.5 Å². The summed E-state index contributed by atoms with van der Waals surface area (Å²) in [5.74, 6) is 1.78. The van der Waals surface area contributed by atoms with Crippen LogP contribution in [0.3, 0.4) is 0 Å². The molecule has 0 spiro atoms. The van der Waals surface area contributed by atoms with Crippen molar-refractivity contribution in [3.8, 4) is 11.5 Å². The molecular weight excluding hydrogens is 397 g/mol. The molecule has 7 heteroatoms. The lowest BCUT2D eigenvalue weighted by molar-refractivity contribution is 0.133. The summed E-state index contributed by atoms with van der Waals surface area (Å²) in [5, 5.41) is 0. The zero-order valence-electron chi connectivity index (χ0n) is 18.0. The Bertz CT molecular complexity index is 851. The Labute approximate surface area is 183 Å². The van der Waals surface area contributed by atoms with Gasteiger partial charge in [-0.25, -0.2) is 9.18 Å². The van der Waals surface area contributed by atoms with Crippen LogP contribution in [0, 0.1) is 11.7 Å². The fourth-order valence-corrected chi connectivity index (χ4v) is 4.18. The fourth-order valence-electron chi connectivity index (χ4n) is 4.18. The number of ether oxygens (including phenoxy) is 2. The van der Waals surface area contributed by atoms with Gasteiger partial charge in [-0.1, -0.05) is 0 Å². The molecule has 0 saturated carbocycles. The number of nitrogens with zero attached hydrogens (tertiary/aromatic N) is 3. The first-order valence-electron chi connectivity index (χ1n) is 10.9. The molecule has 2 aromatic rings. The van der Waals surface area contributed by atoms with E-state index in [1.54, 1.807) is 19.2 Å². The molecule has 2 aliphatic rings.